The number of nitrogens with zero attached hydrogens (tertiary/aromatic N) is 2. The molecule has 12 heteroatoms. The number of thioether (sulfide) groups is 1. The summed E-state index contributed by atoms with van der Waals surface area (Å²) in [4.78, 5) is 19.9. The van der Waals surface area contributed by atoms with Gasteiger partial charge in [-0.25, -0.2) is 13.4 Å². The molecule has 4 aromatic rings. The minimum Gasteiger partial charge on any atom is -0.380 e. The number of rotatable bonds is 12. The van der Waals surface area contributed by atoms with E-state index in [9.17, 15) is 13.2 Å². The van der Waals surface area contributed by atoms with E-state index in [0.29, 0.717) is 23.6 Å². The molecule has 0 aliphatic heterocycles. The van der Waals surface area contributed by atoms with Crippen LogP contribution in [0.15, 0.2) is 52.2 Å². The van der Waals surface area contributed by atoms with Crippen LogP contribution in [0, 0.1) is 0 Å². The van der Waals surface area contributed by atoms with Crippen LogP contribution < -0.4 is 10.0 Å². The number of nitrogens with two attached hydrogens (primary N) is 1. The van der Waals surface area contributed by atoms with Gasteiger partial charge in [0.2, 0.25) is 5.91 Å². The SMILES string of the molecule is CCOCCN(c1cccc2cc(-c3ncc(CSCC(N)=O)s3)[nH]c12)S(=O)(=O)c1cccs1. The van der Waals surface area contributed by atoms with E-state index < -0.39 is 10.0 Å². The summed E-state index contributed by atoms with van der Waals surface area (Å²) in [6.07, 6.45) is 1.79. The minimum atomic E-state index is -3.75. The van der Waals surface area contributed by atoms with E-state index >= 15 is 0 Å². The molecule has 0 aliphatic carbocycles. The van der Waals surface area contributed by atoms with Gasteiger partial charge in [-0.15, -0.1) is 34.4 Å². The Hall–Kier alpha value is -2.38. The normalized spacial score (nSPS) is 11.8. The van der Waals surface area contributed by atoms with Gasteiger partial charge in [-0.2, -0.15) is 0 Å². The first kappa shape index (κ1) is 24.7. The summed E-state index contributed by atoms with van der Waals surface area (Å²) < 4.78 is 34.1. The molecule has 0 saturated carbocycles. The highest BCUT2D eigenvalue weighted by atomic mass is 32.2. The predicted molar refractivity (Wildman–Crippen MR) is 140 cm³/mol. The third kappa shape index (κ3) is 5.47. The number of thiazole rings is 1. The first-order valence-electron chi connectivity index (χ1n) is 10.5. The number of benzene rings is 1. The lowest BCUT2D eigenvalue weighted by atomic mass is 10.2. The lowest BCUT2D eigenvalue weighted by molar-refractivity contribution is -0.115. The van der Waals surface area contributed by atoms with Gasteiger partial charge in [0, 0.05) is 28.8 Å². The number of hydrogen-bond acceptors (Lipinski definition) is 8. The number of sulfonamides is 1. The van der Waals surface area contributed by atoms with E-state index in [1.165, 1.54) is 38.7 Å². The van der Waals surface area contributed by atoms with Crippen LogP contribution in [-0.2, 0) is 25.3 Å². The van der Waals surface area contributed by atoms with Gasteiger partial charge in [-0.1, -0.05) is 18.2 Å². The number of ether oxygens (including phenoxy) is 1. The highest BCUT2D eigenvalue weighted by Gasteiger charge is 2.28. The number of primary amides is 1. The van der Waals surface area contributed by atoms with Gasteiger partial charge in [0.05, 0.1) is 35.8 Å². The Bertz CT molecular complexity index is 1360. The summed E-state index contributed by atoms with van der Waals surface area (Å²) in [5.41, 5.74) is 7.28. The molecule has 34 heavy (non-hydrogen) atoms. The van der Waals surface area contributed by atoms with Crippen LogP contribution in [0.3, 0.4) is 0 Å². The number of nitrogens with one attached hydrogen (secondary N) is 1. The Morgan fingerprint density at radius 1 is 1.29 bits per heavy atom. The predicted octanol–water partition coefficient (Wildman–Crippen LogP) is 4.30. The van der Waals surface area contributed by atoms with Crippen LogP contribution in [0.4, 0.5) is 5.69 Å². The highest BCUT2D eigenvalue weighted by molar-refractivity contribution is 7.99. The highest BCUT2D eigenvalue weighted by Crippen LogP contribution is 2.35. The molecule has 3 aromatic heterocycles. The number of carbonyl (C=O) groups is 1. The number of H-pyrrole nitrogens is 1. The van der Waals surface area contributed by atoms with Crippen molar-refractivity contribution in [2.75, 3.05) is 29.8 Å². The van der Waals surface area contributed by atoms with Crippen molar-refractivity contribution in [1.29, 1.82) is 0 Å². The molecule has 4 rings (SSSR count). The van der Waals surface area contributed by atoms with E-state index in [4.69, 9.17) is 10.5 Å². The second-order valence-corrected chi connectivity index (χ2v) is 12.4. The standard InChI is InChI=1S/C22H24N4O4S4/c1-2-30-9-8-26(34(28,29)20-7-4-10-32-20)18-6-3-5-15-11-17(25-21(15)18)22-24-12-16(33-22)13-31-14-19(23)27/h3-7,10-12,25H,2,8-9,13-14H2,1H3,(H2,23,27). The van der Waals surface area contributed by atoms with Crippen molar-refractivity contribution in [3.8, 4) is 10.7 Å². The van der Waals surface area contributed by atoms with Crippen LogP contribution in [0.5, 0.6) is 0 Å². The van der Waals surface area contributed by atoms with Gasteiger partial charge in [0.15, 0.2) is 0 Å². The summed E-state index contributed by atoms with van der Waals surface area (Å²) in [5.74, 6) is 0.569. The molecule has 0 bridgehead atoms. The molecule has 8 nitrogen and oxygen atoms in total. The van der Waals surface area contributed by atoms with E-state index in [0.717, 1.165) is 21.0 Å². The van der Waals surface area contributed by atoms with E-state index in [-0.39, 0.29) is 29.0 Å². The maximum absolute atomic E-state index is 13.5. The Morgan fingerprint density at radius 3 is 2.88 bits per heavy atom. The molecule has 0 aliphatic rings. The van der Waals surface area contributed by atoms with Gasteiger partial charge in [0.1, 0.15) is 9.22 Å². The molecule has 0 saturated heterocycles. The maximum Gasteiger partial charge on any atom is 0.273 e. The third-order valence-electron chi connectivity index (χ3n) is 4.86. The molecule has 1 aromatic carbocycles. The molecule has 0 unspecified atom stereocenters. The molecule has 180 valence electrons. The van der Waals surface area contributed by atoms with Crippen LogP contribution in [0.2, 0.25) is 0 Å². The van der Waals surface area contributed by atoms with E-state index in [1.54, 1.807) is 29.8 Å². The largest absolute Gasteiger partial charge is 0.380 e. The van der Waals surface area contributed by atoms with Crippen LogP contribution in [0.1, 0.15) is 11.8 Å². The third-order valence-corrected chi connectivity index (χ3v) is 10.3. The number of anilines is 1. The molecule has 1 amide bonds. The number of carbonyl (C=O) groups excluding carboxylic acids is 1. The Kier molecular flexibility index (Phi) is 7.94. The Balaban J connectivity index is 1.68. The molecular weight excluding hydrogens is 513 g/mol. The number of para-hydroxylation sites is 1. The fourth-order valence-electron chi connectivity index (χ4n) is 3.39. The van der Waals surface area contributed by atoms with Crippen LogP contribution in [-0.4, -0.2) is 49.8 Å². The second kappa shape index (κ2) is 10.9. The van der Waals surface area contributed by atoms with Crippen molar-refractivity contribution >= 4 is 67.0 Å². The Labute approximate surface area is 210 Å². The fraction of sp³-hybridized carbons (Fsp3) is 0.273. The summed E-state index contributed by atoms with van der Waals surface area (Å²) in [7, 11) is -3.75. The van der Waals surface area contributed by atoms with Gasteiger partial charge in [0.25, 0.3) is 10.0 Å². The summed E-state index contributed by atoms with van der Waals surface area (Å²) in [5, 5.41) is 3.43. The van der Waals surface area contributed by atoms with Crippen molar-refractivity contribution in [1.82, 2.24) is 9.97 Å². The van der Waals surface area contributed by atoms with Gasteiger partial charge in [-0.3, -0.25) is 9.10 Å². The lowest BCUT2D eigenvalue weighted by Crippen LogP contribution is -2.34. The maximum atomic E-state index is 13.5. The van der Waals surface area contributed by atoms with Crippen molar-refractivity contribution in [2.45, 2.75) is 16.9 Å². The number of amides is 1. The monoisotopic (exact) mass is 536 g/mol. The van der Waals surface area contributed by atoms with Gasteiger partial charge < -0.3 is 15.5 Å². The summed E-state index contributed by atoms with van der Waals surface area (Å²) in [6, 6.07) is 10.9. The minimum absolute atomic E-state index is 0.194. The molecule has 0 spiro atoms. The quantitative estimate of drug-likeness (QED) is 0.261. The molecule has 0 radical (unpaired) electrons. The smallest absolute Gasteiger partial charge is 0.273 e. The first-order valence-corrected chi connectivity index (χ1v) is 14.8. The zero-order valence-electron chi connectivity index (χ0n) is 18.4. The Morgan fingerprint density at radius 2 is 2.15 bits per heavy atom. The lowest BCUT2D eigenvalue weighted by Gasteiger charge is -2.24. The summed E-state index contributed by atoms with van der Waals surface area (Å²) in [6.45, 7) is 2.86. The van der Waals surface area contributed by atoms with E-state index in [2.05, 4.69) is 9.97 Å². The second-order valence-electron chi connectivity index (χ2n) is 7.22. The number of hydrogen-bond donors (Lipinski definition) is 2. The van der Waals surface area contributed by atoms with Crippen molar-refractivity contribution in [2.24, 2.45) is 5.73 Å². The molecule has 0 atom stereocenters. The summed E-state index contributed by atoms with van der Waals surface area (Å²) >= 11 is 4.16. The topological polar surface area (TPSA) is 118 Å². The zero-order valence-corrected chi connectivity index (χ0v) is 21.7. The molecule has 3 heterocycles. The van der Waals surface area contributed by atoms with Gasteiger partial charge >= 0.3 is 0 Å². The van der Waals surface area contributed by atoms with Crippen molar-refractivity contribution in [3.63, 3.8) is 0 Å². The zero-order chi connectivity index (χ0) is 24.1. The molecule has 3 N–H and O–H groups in total. The van der Waals surface area contributed by atoms with Crippen molar-refractivity contribution < 1.29 is 17.9 Å². The van der Waals surface area contributed by atoms with Gasteiger partial charge in [-0.05, 0) is 30.5 Å². The number of aromatic amines is 1. The number of fused-ring (bicyclic) bond motifs is 1. The molecule has 0 fully saturated rings. The van der Waals surface area contributed by atoms with Crippen molar-refractivity contribution in [3.05, 3.63) is 52.9 Å². The first-order chi connectivity index (χ1) is 16.4. The van der Waals surface area contributed by atoms with Crippen LogP contribution >= 0.6 is 34.4 Å². The number of aromatic nitrogens is 2. The average Bonchev–Trinajstić information content (AvgIpc) is 3.56. The average molecular weight is 537 g/mol. The van der Waals surface area contributed by atoms with Crippen LogP contribution in [0.25, 0.3) is 21.6 Å². The molecular formula is C22H24N4O4S4. The fourth-order valence-corrected chi connectivity index (χ4v) is 7.70. The van der Waals surface area contributed by atoms with E-state index in [1.807, 2.05) is 25.1 Å². The number of thiophene rings is 1.